The number of anilines is 4. The summed E-state index contributed by atoms with van der Waals surface area (Å²) in [6, 6.07) is 12.2. The summed E-state index contributed by atoms with van der Waals surface area (Å²) in [4.78, 5) is 32.0. The average molecular weight is 522 g/mol. The molecule has 0 spiro atoms. The molecule has 1 amide bonds. The van der Waals surface area contributed by atoms with Crippen molar-refractivity contribution in [1.29, 1.82) is 0 Å². The highest BCUT2D eigenvalue weighted by Gasteiger charge is 2.30. The lowest BCUT2D eigenvalue weighted by Crippen LogP contribution is -2.49. The van der Waals surface area contributed by atoms with Crippen LogP contribution in [-0.4, -0.2) is 66.0 Å². The van der Waals surface area contributed by atoms with E-state index in [0.717, 1.165) is 23.8 Å². The molecule has 0 saturated carbocycles. The molecule has 38 heavy (non-hydrogen) atoms. The fourth-order valence-electron chi connectivity index (χ4n) is 4.45. The van der Waals surface area contributed by atoms with E-state index in [2.05, 4.69) is 25.2 Å². The highest BCUT2D eigenvalue weighted by molar-refractivity contribution is 5.96. The number of alkyl halides is 3. The number of rotatable bonds is 5. The molecule has 8 nitrogen and oxygen atoms in total. The van der Waals surface area contributed by atoms with Crippen molar-refractivity contribution in [2.75, 3.05) is 55.4 Å². The maximum atomic E-state index is 13.1. The van der Waals surface area contributed by atoms with Gasteiger partial charge in [0.1, 0.15) is 0 Å². The number of piperazine rings is 1. The average Bonchev–Trinajstić information content (AvgIpc) is 2.92. The van der Waals surface area contributed by atoms with E-state index in [4.69, 9.17) is 0 Å². The molecule has 1 fully saturated rings. The summed E-state index contributed by atoms with van der Waals surface area (Å²) < 4.78 is 39.2. The number of hydrogen-bond donors (Lipinski definition) is 1. The predicted octanol–water partition coefficient (Wildman–Crippen LogP) is 4.82. The van der Waals surface area contributed by atoms with Gasteiger partial charge in [0, 0.05) is 81.2 Å². The molecule has 1 aliphatic rings. The molecule has 5 rings (SSSR count). The number of amides is 1. The molecule has 11 heteroatoms. The Kier molecular flexibility index (Phi) is 6.75. The molecule has 0 unspecified atom stereocenters. The Morgan fingerprint density at radius 1 is 0.895 bits per heavy atom. The number of nitrogens with zero attached hydrogens (tertiary/aromatic N) is 6. The second-order valence-electron chi connectivity index (χ2n) is 9.17. The number of nitrogens with one attached hydrogen (secondary N) is 1. The van der Waals surface area contributed by atoms with Crippen LogP contribution in [-0.2, 0) is 6.18 Å². The number of hydrogen-bond acceptors (Lipinski definition) is 7. The molecule has 1 N–H and O–H groups in total. The lowest BCUT2D eigenvalue weighted by Gasteiger charge is -2.36. The van der Waals surface area contributed by atoms with Crippen molar-refractivity contribution in [3.63, 3.8) is 0 Å². The van der Waals surface area contributed by atoms with E-state index >= 15 is 0 Å². The maximum absolute atomic E-state index is 13.1. The maximum Gasteiger partial charge on any atom is 0.416 e. The van der Waals surface area contributed by atoms with Crippen LogP contribution in [0.3, 0.4) is 0 Å². The van der Waals surface area contributed by atoms with Gasteiger partial charge in [-0.15, -0.1) is 0 Å². The lowest BCUT2D eigenvalue weighted by atomic mass is 10.1. The topological polar surface area (TPSA) is 77.5 Å². The quantitative estimate of drug-likeness (QED) is 0.404. The molecule has 1 aliphatic heterocycles. The van der Waals surface area contributed by atoms with Crippen molar-refractivity contribution in [2.24, 2.45) is 0 Å². The van der Waals surface area contributed by atoms with E-state index in [9.17, 15) is 18.0 Å². The molecule has 0 atom stereocenters. The Labute approximate surface area is 217 Å². The van der Waals surface area contributed by atoms with Crippen LogP contribution in [0.15, 0.2) is 67.1 Å². The molecule has 2 aromatic heterocycles. The highest BCUT2D eigenvalue weighted by atomic mass is 19.4. The minimum Gasteiger partial charge on any atom is -0.360 e. The summed E-state index contributed by atoms with van der Waals surface area (Å²) in [5, 5.41) is 3.79. The van der Waals surface area contributed by atoms with Crippen molar-refractivity contribution in [3.05, 3.63) is 78.2 Å². The van der Waals surface area contributed by atoms with Gasteiger partial charge >= 0.3 is 6.18 Å². The zero-order valence-corrected chi connectivity index (χ0v) is 20.9. The fraction of sp³-hybridized carbons (Fsp3) is 0.259. The summed E-state index contributed by atoms with van der Waals surface area (Å²) in [6.45, 7) is 2.42. The largest absolute Gasteiger partial charge is 0.416 e. The predicted molar refractivity (Wildman–Crippen MR) is 141 cm³/mol. The number of halogens is 3. The summed E-state index contributed by atoms with van der Waals surface area (Å²) in [6.07, 6.45) is 0.367. The van der Waals surface area contributed by atoms with E-state index in [1.54, 1.807) is 42.7 Å². The number of benzene rings is 2. The van der Waals surface area contributed by atoms with Crippen molar-refractivity contribution < 1.29 is 18.0 Å². The molecule has 1 saturated heterocycles. The molecular formula is C27H26F3N7O. The second kappa shape index (κ2) is 10.2. The smallest absolute Gasteiger partial charge is 0.360 e. The minimum atomic E-state index is -4.43. The van der Waals surface area contributed by atoms with Crippen molar-refractivity contribution in [2.45, 2.75) is 6.18 Å². The SMILES string of the molecule is CN(C)c1nccnc1N1CCN(C(=O)c2ccc(Nc3ccnc4cc(C(F)(F)F)ccc34)cc2)CC1. The summed E-state index contributed by atoms with van der Waals surface area (Å²) in [5.74, 6) is 1.54. The Bertz CT molecular complexity index is 1450. The van der Waals surface area contributed by atoms with Crippen LogP contribution in [0.4, 0.5) is 36.2 Å². The van der Waals surface area contributed by atoms with Gasteiger partial charge in [-0.2, -0.15) is 13.2 Å². The third-order valence-electron chi connectivity index (χ3n) is 6.43. The van der Waals surface area contributed by atoms with E-state index < -0.39 is 11.7 Å². The number of fused-ring (bicyclic) bond motifs is 1. The van der Waals surface area contributed by atoms with Crippen LogP contribution in [0.25, 0.3) is 10.9 Å². The zero-order valence-electron chi connectivity index (χ0n) is 20.9. The minimum absolute atomic E-state index is 0.0581. The zero-order chi connectivity index (χ0) is 26.9. The second-order valence-corrected chi connectivity index (χ2v) is 9.17. The molecule has 0 bridgehead atoms. The van der Waals surface area contributed by atoms with Crippen LogP contribution < -0.4 is 15.1 Å². The van der Waals surface area contributed by atoms with Crippen LogP contribution in [0.5, 0.6) is 0 Å². The van der Waals surface area contributed by atoms with E-state index in [1.165, 1.54) is 12.3 Å². The van der Waals surface area contributed by atoms with Crippen LogP contribution in [0, 0.1) is 0 Å². The van der Waals surface area contributed by atoms with Gasteiger partial charge in [0.05, 0.1) is 11.1 Å². The van der Waals surface area contributed by atoms with E-state index in [0.29, 0.717) is 48.5 Å². The number of aromatic nitrogens is 3. The monoisotopic (exact) mass is 521 g/mol. The van der Waals surface area contributed by atoms with Crippen LogP contribution >= 0.6 is 0 Å². The number of carbonyl (C=O) groups excluding carboxylic acids is 1. The first kappa shape index (κ1) is 25.2. The standard InChI is InChI=1S/C27H26F3N7O/c1-35(2)24-25(33-12-11-32-24)36-13-15-37(16-14-36)26(38)18-3-6-20(7-4-18)34-22-9-10-31-23-17-19(27(28,29)30)5-8-21(22)23/h3-12,17H,13-16H2,1-2H3,(H,31,34). The summed E-state index contributed by atoms with van der Waals surface area (Å²) >= 11 is 0. The first-order chi connectivity index (χ1) is 18.2. The molecule has 2 aromatic carbocycles. The number of pyridine rings is 1. The summed E-state index contributed by atoms with van der Waals surface area (Å²) in [5.41, 5.74) is 1.40. The van der Waals surface area contributed by atoms with Gasteiger partial charge in [-0.1, -0.05) is 6.07 Å². The third-order valence-corrected chi connectivity index (χ3v) is 6.43. The third kappa shape index (κ3) is 5.17. The molecule has 4 aromatic rings. The summed E-state index contributed by atoms with van der Waals surface area (Å²) in [7, 11) is 3.85. The van der Waals surface area contributed by atoms with Gasteiger partial charge in [-0.25, -0.2) is 9.97 Å². The van der Waals surface area contributed by atoms with Gasteiger partial charge < -0.3 is 20.0 Å². The first-order valence-electron chi connectivity index (χ1n) is 12.1. The molecule has 0 radical (unpaired) electrons. The van der Waals surface area contributed by atoms with E-state index in [-0.39, 0.29) is 11.4 Å². The molecule has 0 aliphatic carbocycles. The Balaban J connectivity index is 1.25. The van der Waals surface area contributed by atoms with Gasteiger partial charge in [0.2, 0.25) is 0 Å². The Morgan fingerprint density at radius 3 is 2.29 bits per heavy atom. The van der Waals surface area contributed by atoms with Crippen molar-refractivity contribution in [1.82, 2.24) is 19.9 Å². The Morgan fingerprint density at radius 2 is 1.61 bits per heavy atom. The fourth-order valence-corrected chi connectivity index (χ4v) is 4.45. The number of carbonyl (C=O) groups is 1. The van der Waals surface area contributed by atoms with Gasteiger partial charge in [0.25, 0.3) is 5.91 Å². The molecular weight excluding hydrogens is 495 g/mol. The first-order valence-corrected chi connectivity index (χ1v) is 12.1. The van der Waals surface area contributed by atoms with Gasteiger partial charge in [-0.3, -0.25) is 9.78 Å². The highest BCUT2D eigenvalue weighted by Crippen LogP contribution is 2.33. The lowest BCUT2D eigenvalue weighted by molar-refractivity contribution is -0.137. The van der Waals surface area contributed by atoms with Gasteiger partial charge in [-0.05, 0) is 42.5 Å². The normalized spacial score (nSPS) is 14.0. The van der Waals surface area contributed by atoms with Gasteiger partial charge in [0.15, 0.2) is 11.6 Å². The van der Waals surface area contributed by atoms with Crippen molar-refractivity contribution >= 4 is 39.8 Å². The molecule has 196 valence electrons. The van der Waals surface area contributed by atoms with E-state index in [1.807, 2.05) is 23.9 Å². The van der Waals surface area contributed by atoms with Crippen LogP contribution in [0.1, 0.15) is 15.9 Å². The Hall–Kier alpha value is -4.41. The van der Waals surface area contributed by atoms with Crippen LogP contribution in [0.2, 0.25) is 0 Å². The molecule has 3 heterocycles. The van der Waals surface area contributed by atoms with Crippen molar-refractivity contribution in [3.8, 4) is 0 Å².